The summed E-state index contributed by atoms with van der Waals surface area (Å²) in [4.78, 5) is 4.34. The number of benzene rings is 2. The first kappa shape index (κ1) is 15.6. The molecular formula is C16H15FN2O3S. The molecule has 120 valence electrons. The topological polar surface area (TPSA) is 61.2 Å². The van der Waals surface area contributed by atoms with Gasteiger partial charge in [0, 0.05) is 6.61 Å². The highest BCUT2D eigenvalue weighted by molar-refractivity contribution is 7.90. The molecule has 0 aliphatic carbocycles. The lowest BCUT2D eigenvalue weighted by Gasteiger charge is -2.10. The number of ether oxygens (including phenoxy) is 1. The fourth-order valence-electron chi connectivity index (χ4n) is 2.32. The van der Waals surface area contributed by atoms with E-state index in [1.54, 1.807) is 24.3 Å². The molecule has 0 spiro atoms. The molecule has 3 aromatic rings. The normalized spacial score (nSPS) is 11.9. The summed E-state index contributed by atoms with van der Waals surface area (Å²) >= 11 is 0. The van der Waals surface area contributed by atoms with Gasteiger partial charge < -0.3 is 4.74 Å². The summed E-state index contributed by atoms with van der Waals surface area (Å²) < 4.78 is 45.5. The first-order chi connectivity index (χ1) is 11.0. The van der Waals surface area contributed by atoms with E-state index in [2.05, 4.69) is 4.98 Å². The Bertz CT molecular complexity index is 934. The minimum Gasteiger partial charge on any atom is -0.374 e. The molecule has 1 aromatic heterocycles. The molecule has 0 fully saturated rings. The van der Waals surface area contributed by atoms with E-state index in [-0.39, 0.29) is 17.3 Å². The standard InChI is InChI=1S/C16H15FN2O3S/c1-2-22-11-16-18-14-5-3-4-6-15(14)19(16)23(20,21)13-9-7-12(17)8-10-13/h3-10H,2,11H2,1H3. The number of fused-ring (bicyclic) bond motifs is 1. The smallest absolute Gasteiger partial charge is 0.269 e. The van der Waals surface area contributed by atoms with Crippen LogP contribution in [0.3, 0.4) is 0 Å². The van der Waals surface area contributed by atoms with Crippen molar-refractivity contribution < 1.29 is 17.5 Å². The van der Waals surface area contributed by atoms with Crippen LogP contribution in [0.5, 0.6) is 0 Å². The van der Waals surface area contributed by atoms with Gasteiger partial charge in [0.05, 0.1) is 15.9 Å². The summed E-state index contributed by atoms with van der Waals surface area (Å²) in [5.41, 5.74) is 1.03. The highest BCUT2D eigenvalue weighted by Gasteiger charge is 2.24. The van der Waals surface area contributed by atoms with Gasteiger partial charge in [0.1, 0.15) is 18.2 Å². The Kier molecular flexibility index (Phi) is 4.14. The number of para-hydroxylation sites is 2. The van der Waals surface area contributed by atoms with E-state index >= 15 is 0 Å². The number of nitrogens with zero attached hydrogens (tertiary/aromatic N) is 2. The molecule has 0 radical (unpaired) electrons. The van der Waals surface area contributed by atoms with E-state index in [1.165, 1.54) is 12.1 Å². The largest absolute Gasteiger partial charge is 0.374 e. The summed E-state index contributed by atoms with van der Waals surface area (Å²) in [6.07, 6.45) is 0. The maximum Gasteiger partial charge on any atom is 0.269 e. The number of hydrogen-bond donors (Lipinski definition) is 0. The van der Waals surface area contributed by atoms with Crippen LogP contribution in [-0.4, -0.2) is 24.0 Å². The van der Waals surface area contributed by atoms with Crippen molar-refractivity contribution in [2.24, 2.45) is 0 Å². The Balaban J connectivity index is 2.22. The molecule has 0 unspecified atom stereocenters. The van der Waals surface area contributed by atoms with Gasteiger partial charge in [-0.25, -0.2) is 21.8 Å². The molecule has 0 saturated carbocycles. The summed E-state index contributed by atoms with van der Waals surface area (Å²) in [6, 6.07) is 11.7. The van der Waals surface area contributed by atoms with Gasteiger partial charge in [-0.1, -0.05) is 12.1 Å². The molecule has 0 atom stereocenters. The van der Waals surface area contributed by atoms with Gasteiger partial charge in [-0.15, -0.1) is 0 Å². The minimum absolute atomic E-state index is 0.000184. The van der Waals surface area contributed by atoms with Gasteiger partial charge in [-0.05, 0) is 43.3 Å². The first-order valence-corrected chi connectivity index (χ1v) is 8.53. The molecule has 3 rings (SSSR count). The molecule has 7 heteroatoms. The zero-order valence-electron chi connectivity index (χ0n) is 12.4. The lowest BCUT2D eigenvalue weighted by atomic mass is 10.3. The Morgan fingerprint density at radius 2 is 1.83 bits per heavy atom. The molecule has 2 aromatic carbocycles. The van der Waals surface area contributed by atoms with E-state index in [9.17, 15) is 12.8 Å². The van der Waals surface area contributed by atoms with Crippen LogP contribution in [0.1, 0.15) is 12.7 Å². The zero-order valence-corrected chi connectivity index (χ0v) is 13.3. The Morgan fingerprint density at radius 3 is 2.52 bits per heavy atom. The second-order valence-electron chi connectivity index (χ2n) is 4.88. The Morgan fingerprint density at radius 1 is 1.13 bits per heavy atom. The molecule has 0 bridgehead atoms. The van der Waals surface area contributed by atoms with Gasteiger partial charge in [0.2, 0.25) is 0 Å². The maximum absolute atomic E-state index is 13.1. The van der Waals surface area contributed by atoms with Crippen LogP contribution in [0.2, 0.25) is 0 Å². The van der Waals surface area contributed by atoms with Crippen molar-refractivity contribution >= 4 is 21.1 Å². The lowest BCUT2D eigenvalue weighted by Crippen LogP contribution is -2.17. The fourth-order valence-corrected chi connectivity index (χ4v) is 3.79. The van der Waals surface area contributed by atoms with Crippen molar-refractivity contribution in [2.45, 2.75) is 18.4 Å². The predicted molar refractivity (Wildman–Crippen MR) is 84.0 cm³/mol. The molecule has 0 aliphatic heterocycles. The van der Waals surface area contributed by atoms with Crippen molar-refractivity contribution in [3.63, 3.8) is 0 Å². The number of aromatic nitrogens is 2. The average molecular weight is 334 g/mol. The van der Waals surface area contributed by atoms with Crippen LogP contribution in [-0.2, 0) is 21.4 Å². The van der Waals surface area contributed by atoms with Crippen LogP contribution >= 0.6 is 0 Å². The quantitative estimate of drug-likeness (QED) is 0.720. The number of hydrogen-bond acceptors (Lipinski definition) is 4. The van der Waals surface area contributed by atoms with Crippen LogP contribution in [0.25, 0.3) is 11.0 Å². The zero-order chi connectivity index (χ0) is 16.4. The Labute approximate surface area is 133 Å². The third-order valence-corrected chi connectivity index (χ3v) is 5.13. The number of rotatable bonds is 5. The third kappa shape index (κ3) is 2.85. The maximum atomic E-state index is 13.1. The van der Waals surface area contributed by atoms with Gasteiger partial charge >= 0.3 is 0 Å². The summed E-state index contributed by atoms with van der Waals surface area (Å²) in [5.74, 6) is -0.202. The van der Waals surface area contributed by atoms with Crippen molar-refractivity contribution in [3.05, 3.63) is 60.2 Å². The third-order valence-electron chi connectivity index (χ3n) is 3.37. The molecule has 0 aliphatic rings. The first-order valence-electron chi connectivity index (χ1n) is 7.09. The van der Waals surface area contributed by atoms with E-state index in [4.69, 9.17) is 4.74 Å². The fraction of sp³-hybridized carbons (Fsp3) is 0.188. The number of imidazole rings is 1. The van der Waals surface area contributed by atoms with Crippen LogP contribution in [0.15, 0.2) is 53.4 Å². The SMILES string of the molecule is CCOCc1nc2ccccc2n1S(=O)(=O)c1ccc(F)cc1. The van der Waals surface area contributed by atoms with E-state index < -0.39 is 15.8 Å². The second kappa shape index (κ2) is 6.10. The summed E-state index contributed by atoms with van der Waals surface area (Å²) in [5, 5.41) is 0. The molecule has 0 amide bonds. The second-order valence-corrected chi connectivity index (χ2v) is 6.66. The van der Waals surface area contributed by atoms with Crippen molar-refractivity contribution in [3.8, 4) is 0 Å². The van der Waals surface area contributed by atoms with Gasteiger partial charge in [-0.3, -0.25) is 0 Å². The van der Waals surface area contributed by atoms with Crippen LogP contribution in [0.4, 0.5) is 4.39 Å². The van der Waals surface area contributed by atoms with E-state index in [0.29, 0.717) is 17.6 Å². The molecule has 0 N–H and O–H groups in total. The van der Waals surface area contributed by atoms with Crippen molar-refractivity contribution in [2.75, 3.05) is 6.61 Å². The predicted octanol–water partition coefficient (Wildman–Crippen LogP) is 2.95. The van der Waals surface area contributed by atoms with Gasteiger partial charge in [0.25, 0.3) is 10.0 Å². The van der Waals surface area contributed by atoms with Crippen LogP contribution in [0, 0.1) is 5.82 Å². The van der Waals surface area contributed by atoms with E-state index in [0.717, 1.165) is 16.1 Å². The Hall–Kier alpha value is -2.25. The molecule has 5 nitrogen and oxygen atoms in total. The number of halogens is 1. The highest BCUT2D eigenvalue weighted by atomic mass is 32.2. The van der Waals surface area contributed by atoms with Gasteiger partial charge in [0.15, 0.2) is 0 Å². The lowest BCUT2D eigenvalue weighted by molar-refractivity contribution is 0.128. The molecular weight excluding hydrogens is 319 g/mol. The van der Waals surface area contributed by atoms with E-state index in [1.807, 2.05) is 6.92 Å². The summed E-state index contributed by atoms with van der Waals surface area (Å²) in [7, 11) is -3.89. The molecule has 23 heavy (non-hydrogen) atoms. The van der Waals surface area contributed by atoms with Crippen molar-refractivity contribution in [1.29, 1.82) is 0 Å². The molecule has 1 heterocycles. The minimum atomic E-state index is -3.89. The molecule has 0 saturated heterocycles. The van der Waals surface area contributed by atoms with Crippen molar-refractivity contribution in [1.82, 2.24) is 8.96 Å². The van der Waals surface area contributed by atoms with Gasteiger partial charge in [-0.2, -0.15) is 0 Å². The summed E-state index contributed by atoms with van der Waals surface area (Å²) in [6.45, 7) is 2.34. The highest BCUT2D eigenvalue weighted by Crippen LogP contribution is 2.23. The van der Waals surface area contributed by atoms with Crippen LogP contribution < -0.4 is 0 Å². The monoisotopic (exact) mass is 334 g/mol. The average Bonchev–Trinajstić information content (AvgIpc) is 2.92.